The number of hydrogen-bond acceptors (Lipinski definition) is 2. The molecule has 0 atom stereocenters. The maximum absolute atomic E-state index is 17.0. The van der Waals surface area contributed by atoms with Crippen LogP contribution in [0.1, 0.15) is 110 Å². The fraction of sp³-hybridized carbons (Fsp3) is 0.362. The molecule has 51 heavy (non-hydrogen) atoms. The minimum Gasteiger partial charge on any atom is -0.311 e. The summed E-state index contributed by atoms with van der Waals surface area (Å²) in [4.78, 5) is 4.67. The predicted octanol–water partition coefficient (Wildman–Crippen LogP) is 11.2. The molecule has 5 aromatic carbocycles. The van der Waals surface area contributed by atoms with Gasteiger partial charge < -0.3 is 9.80 Å². The predicted molar refractivity (Wildman–Crippen MR) is 218 cm³/mol. The van der Waals surface area contributed by atoms with Crippen molar-refractivity contribution in [3.63, 3.8) is 0 Å². The van der Waals surface area contributed by atoms with Gasteiger partial charge in [0.15, 0.2) is 0 Å². The van der Waals surface area contributed by atoms with Crippen LogP contribution in [-0.2, 0) is 21.7 Å². The molecule has 0 spiro atoms. The second kappa shape index (κ2) is 11.1. The highest BCUT2D eigenvalue weighted by molar-refractivity contribution is 7.00. The largest absolute Gasteiger partial charge is 0.311 e. The van der Waals surface area contributed by atoms with Gasteiger partial charge in [-0.2, -0.15) is 0 Å². The summed E-state index contributed by atoms with van der Waals surface area (Å²) in [6.07, 6.45) is 2.12. The number of aryl methyl sites for hydroxylation is 1. The van der Waals surface area contributed by atoms with Gasteiger partial charge in [0.05, 0.1) is 5.69 Å². The summed E-state index contributed by atoms with van der Waals surface area (Å²) in [7, 11) is 0. The van der Waals surface area contributed by atoms with Crippen molar-refractivity contribution in [2.75, 3.05) is 9.80 Å². The molecule has 2 heterocycles. The zero-order valence-corrected chi connectivity index (χ0v) is 32.4. The van der Waals surface area contributed by atoms with Gasteiger partial charge in [0, 0.05) is 28.4 Å². The van der Waals surface area contributed by atoms with Crippen LogP contribution in [0.2, 0.25) is 0 Å². The van der Waals surface area contributed by atoms with Crippen molar-refractivity contribution in [2.24, 2.45) is 0 Å². The molecule has 0 bridgehead atoms. The zero-order chi connectivity index (χ0) is 36.4. The number of benzene rings is 5. The normalized spacial score (nSPS) is 17.1. The van der Waals surface area contributed by atoms with E-state index in [1.165, 1.54) is 44.3 Å². The van der Waals surface area contributed by atoms with Gasteiger partial charge in [-0.3, -0.25) is 0 Å². The van der Waals surface area contributed by atoms with E-state index in [4.69, 9.17) is 0 Å². The van der Waals surface area contributed by atoms with Gasteiger partial charge in [0.25, 0.3) is 6.71 Å². The van der Waals surface area contributed by atoms with Crippen LogP contribution in [0.3, 0.4) is 0 Å². The maximum Gasteiger partial charge on any atom is 0.252 e. The number of fused-ring (bicyclic) bond motifs is 5. The monoisotopic (exact) mass is 674 g/mol. The van der Waals surface area contributed by atoms with Crippen LogP contribution in [0.5, 0.6) is 0 Å². The van der Waals surface area contributed by atoms with Crippen LogP contribution in [0.25, 0.3) is 0 Å². The van der Waals surface area contributed by atoms with Gasteiger partial charge in [-0.25, -0.2) is 4.39 Å². The van der Waals surface area contributed by atoms with E-state index in [2.05, 4.69) is 171 Å². The fourth-order valence-corrected chi connectivity index (χ4v) is 8.93. The van der Waals surface area contributed by atoms with Gasteiger partial charge in [-0.1, -0.05) is 117 Å². The van der Waals surface area contributed by atoms with E-state index in [-0.39, 0.29) is 34.2 Å². The third kappa shape index (κ3) is 5.27. The molecule has 0 fully saturated rings. The summed E-state index contributed by atoms with van der Waals surface area (Å²) in [6.45, 7) is 25.0. The van der Waals surface area contributed by atoms with Crippen LogP contribution < -0.4 is 26.2 Å². The molecule has 260 valence electrons. The Bertz CT molecular complexity index is 2210. The summed E-state index contributed by atoms with van der Waals surface area (Å²) in [5.74, 6) is -0.164. The Kier molecular flexibility index (Phi) is 7.36. The van der Waals surface area contributed by atoms with E-state index >= 15 is 4.39 Å². The van der Waals surface area contributed by atoms with E-state index in [0.29, 0.717) is 5.69 Å². The molecule has 0 N–H and O–H groups in total. The molecular weight excluding hydrogens is 622 g/mol. The average molecular weight is 675 g/mol. The van der Waals surface area contributed by atoms with Crippen molar-refractivity contribution < 1.29 is 4.39 Å². The van der Waals surface area contributed by atoms with Crippen LogP contribution in [0.15, 0.2) is 91.0 Å². The molecule has 0 unspecified atom stereocenters. The lowest BCUT2D eigenvalue weighted by Gasteiger charge is -2.46. The first-order chi connectivity index (χ1) is 23.9. The van der Waals surface area contributed by atoms with E-state index in [1.807, 2.05) is 6.07 Å². The van der Waals surface area contributed by atoms with Crippen molar-refractivity contribution in [3.8, 4) is 0 Å². The lowest BCUT2D eigenvalue weighted by Crippen LogP contribution is -2.61. The molecule has 3 aliphatic rings. The number of hydrogen-bond donors (Lipinski definition) is 0. The Balaban J connectivity index is 1.44. The van der Waals surface area contributed by atoms with Gasteiger partial charge in [-0.05, 0) is 129 Å². The second-order valence-corrected chi connectivity index (χ2v) is 18.8. The molecule has 0 saturated heterocycles. The van der Waals surface area contributed by atoms with Gasteiger partial charge in [-0.15, -0.1) is 0 Å². The molecule has 0 saturated carbocycles. The highest BCUT2D eigenvalue weighted by atomic mass is 19.1. The molecule has 4 heteroatoms. The van der Waals surface area contributed by atoms with Crippen molar-refractivity contribution in [3.05, 3.63) is 125 Å². The number of rotatable bonds is 2. The van der Waals surface area contributed by atoms with Crippen molar-refractivity contribution >= 4 is 57.2 Å². The fourth-order valence-electron chi connectivity index (χ4n) is 8.93. The Morgan fingerprint density at radius 1 is 0.569 bits per heavy atom. The SMILES string of the molecule is Cc1ccc2c(c1)B1c3cc(C(C)(C)C)ccc3N(c3cc4c(cc3F)C(C)(C)CCC4(C)C)c3cccc(c31)N2c1ccc(C(C)(C)C)cc1. The van der Waals surface area contributed by atoms with Crippen LogP contribution in [0, 0.1) is 12.7 Å². The first-order valence-electron chi connectivity index (χ1n) is 18.8. The Morgan fingerprint density at radius 2 is 1.10 bits per heavy atom. The Hall–Kier alpha value is -4.31. The van der Waals surface area contributed by atoms with E-state index in [0.717, 1.165) is 41.2 Å². The molecule has 1 aliphatic carbocycles. The highest BCUT2D eigenvalue weighted by Crippen LogP contribution is 2.50. The summed E-state index contributed by atoms with van der Waals surface area (Å²) in [5, 5.41) is 0. The highest BCUT2D eigenvalue weighted by Gasteiger charge is 2.45. The minimum absolute atomic E-state index is 0.000751. The maximum atomic E-state index is 17.0. The molecular formula is C47H52BFN2. The number of anilines is 6. The van der Waals surface area contributed by atoms with Crippen LogP contribution >= 0.6 is 0 Å². The molecule has 0 amide bonds. The van der Waals surface area contributed by atoms with E-state index < -0.39 is 0 Å². The molecule has 0 aromatic heterocycles. The molecule has 0 radical (unpaired) electrons. The zero-order valence-electron chi connectivity index (χ0n) is 32.4. The third-order valence-electron chi connectivity index (χ3n) is 12.2. The quantitative estimate of drug-likeness (QED) is 0.168. The minimum atomic E-state index is -0.164. The van der Waals surface area contributed by atoms with Crippen LogP contribution in [-0.4, -0.2) is 6.71 Å². The first kappa shape index (κ1) is 33.8. The smallest absolute Gasteiger partial charge is 0.252 e. The van der Waals surface area contributed by atoms with Crippen molar-refractivity contribution in [1.82, 2.24) is 0 Å². The second-order valence-electron chi connectivity index (χ2n) is 18.8. The molecule has 2 nitrogen and oxygen atoms in total. The third-order valence-corrected chi connectivity index (χ3v) is 12.2. The number of halogens is 1. The van der Waals surface area contributed by atoms with Gasteiger partial charge >= 0.3 is 0 Å². The topological polar surface area (TPSA) is 6.48 Å². The number of nitrogens with zero attached hydrogens (tertiary/aromatic N) is 2. The first-order valence-corrected chi connectivity index (χ1v) is 18.8. The summed E-state index contributed by atoms with van der Waals surface area (Å²) >= 11 is 0. The van der Waals surface area contributed by atoms with E-state index in [9.17, 15) is 0 Å². The molecule has 8 rings (SSSR count). The molecule has 5 aromatic rings. The Labute approximate surface area is 305 Å². The Morgan fingerprint density at radius 3 is 1.73 bits per heavy atom. The average Bonchev–Trinajstić information content (AvgIpc) is 3.06. The van der Waals surface area contributed by atoms with Gasteiger partial charge in [0.2, 0.25) is 0 Å². The van der Waals surface area contributed by atoms with Gasteiger partial charge in [0.1, 0.15) is 5.82 Å². The summed E-state index contributed by atoms with van der Waals surface area (Å²) in [5.41, 5.74) is 16.1. The van der Waals surface area contributed by atoms with E-state index in [1.54, 1.807) is 0 Å². The lowest BCUT2D eigenvalue weighted by atomic mass is 9.33. The standard InChI is InChI=1S/C47H52BFN2/c1-29-15-21-38-35(25-29)48-36-26-31(45(5,6)7)18-22-39(36)51(42-28-34-33(27-37(42)49)46(8,9)23-24-47(34,10)11)41-14-12-13-40(43(41)48)50(38)32-19-16-30(17-20-32)44(2,3)4/h12-22,25-28H,23-24H2,1-11H3. The molecule has 2 aliphatic heterocycles. The van der Waals surface area contributed by atoms with Crippen LogP contribution in [0.4, 0.5) is 38.5 Å². The van der Waals surface area contributed by atoms with Crippen molar-refractivity contribution in [2.45, 2.75) is 111 Å². The lowest BCUT2D eigenvalue weighted by molar-refractivity contribution is 0.330. The summed E-state index contributed by atoms with van der Waals surface area (Å²) in [6, 6.07) is 33.6. The van der Waals surface area contributed by atoms with Crippen molar-refractivity contribution in [1.29, 1.82) is 0 Å². The summed E-state index contributed by atoms with van der Waals surface area (Å²) < 4.78 is 17.0.